The van der Waals surface area contributed by atoms with Crippen molar-refractivity contribution in [2.75, 3.05) is 26.2 Å². The highest BCUT2D eigenvalue weighted by Gasteiger charge is 2.26. The normalized spacial score (nSPS) is 14.6. The Hall–Kier alpha value is -3.73. The summed E-state index contributed by atoms with van der Waals surface area (Å²) in [5.74, 6) is 0.745. The second-order valence-corrected chi connectivity index (χ2v) is 10.7. The smallest absolute Gasteiger partial charge is 0.224 e. The van der Waals surface area contributed by atoms with E-state index in [1.54, 1.807) is 0 Å². The molecule has 39 heavy (non-hydrogen) atoms. The summed E-state index contributed by atoms with van der Waals surface area (Å²) in [4.78, 5) is 18.6. The van der Waals surface area contributed by atoms with Crippen molar-refractivity contribution in [2.45, 2.75) is 39.0 Å². The van der Waals surface area contributed by atoms with Gasteiger partial charge in [-0.05, 0) is 34.2 Å². The van der Waals surface area contributed by atoms with Gasteiger partial charge in [0.2, 0.25) is 5.43 Å². The van der Waals surface area contributed by atoms with Crippen LogP contribution >= 0.6 is 0 Å². The Morgan fingerprint density at radius 1 is 0.692 bits per heavy atom. The molecular weight excluding hydrogens is 480 g/mol. The minimum absolute atomic E-state index is 0.00768. The Morgan fingerprint density at radius 2 is 1.26 bits per heavy atom. The summed E-state index contributed by atoms with van der Waals surface area (Å²) < 4.78 is 6.11. The minimum atomic E-state index is -0.00768. The Kier molecular flexibility index (Phi) is 8.87. The third kappa shape index (κ3) is 6.83. The van der Waals surface area contributed by atoms with Gasteiger partial charge in [-0.2, -0.15) is 0 Å². The van der Waals surface area contributed by atoms with E-state index in [-0.39, 0.29) is 11.5 Å². The predicted octanol–water partition coefficient (Wildman–Crippen LogP) is 6.66. The average Bonchev–Trinajstić information content (AvgIpc) is 3.13. The van der Waals surface area contributed by atoms with Gasteiger partial charge < -0.3 is 4.74 Å². The molecule has 1 heterocycles. The molecule has 1 saturated heterocycles. The van der Waals surface area contributed by atoms with Crippen LogP contribution in [0.4, 0.5) is 0 Å². The van der Waals surface area contributed by atoms with Crippen LogP contribution in [0, 0.1) is 0 Å². The van der Waals surface area contributed by atoms with Gasteiger partial charge in [0.1, 0.15) is 6.61 Å². The summed E-state index contributed by atoms with van der Waals surface area (Å²) in [5, 5.41) is 0. The second-order valence-electron chi connectivity index (χ2n) is 10.7. The van der Waals surface area contributed by atoms with Crippen LogP contribution in [0.5, 0.6) is 5.75 Å². The number of ether oxygens (including phenoxy) is 1. The van der Waals surface area contributed by atoms with E-state index in [9.17, 15) is 4.79 Å². The van der Waals surface area contributed by atoms with Gasteiger partial charge in [0.15, 0.2) is 5.75 Å². The van der Waals surface area contributed by atoms with Gasteiger partial charge in [-0.1, -0.05) is 117 Å². The molecule has 0 amide bonds. The monoisotopic (exact) mass is 518 g/mol. The molecule has 0 unspecified atom stereocenters. The minimum Gasteiger partial charge on any atom is -0.485 e. The molecule has 0 bridgehead atoms. The number of benzene rings is 3. The summed E-state index contributed by atoms with van der Waals surface area (Å²) in [7, 11) is 0. The zero-order valence-electron chi connectivity index (χ0n) is 23.0. The van der Waals surface area contributed by atoms with Gasteiger partial charge in [-0.3, -0.25) is 14.6 Å². The fourth-order valence-corrected chi connectivity index (χ4v) is 5.33. The van der Waals surface area contributed by atoms with E-state index in [0.29, 0.717) is 24.8 Å². The fraction of sp³-hybridized carbons (Fsp3) is 0.286. The quantitative estimate of drug-likeness (QED) is 0.248. The molecule has 5 rings (SSSR count). The van der Waals surface area contributed by atoms with Gasteiger partial charge in [0.25, 0.3) is 0 Å². The van der Waals surface area contributed by atoms with Crippen molar-refractivity contribution in [3.8, 4) is 5.75 Å². The maximum Gasteiger partial charge on any atom is 0.224 e. The highest BCUT2D eigenvalue weighted by atomic mass is 16.5. The SMILES string of the molecule is CC(C)c1ccc(CN2CCN(C(c3ccccc3)c3ccccc3)CC2)c(=O)c(OCc2ccccc2)c1. The van der Waals surface area contributed by atoms with E-state index in [2.05, 4.69) is 90.4 Å². The largest absolute Gasteiger partial charge is 0.485 e. The molecule has 4 aromatic carbocycles. The van der Waals surface area contributed by atoms with Crippen molar-refractivity contribution in [3.63, 3.8) is 0 Å². The lowest BCUT2D eigenvalue weighted by atomic mass is 9.96. The molecule has 0 aliphatic carbocycles. The number of hydrogen-bond donors (Lipinski definition) is 0. The van der Waals surface area contributed by atoms with Crippen LogP contribution in [-0.2, 0) is 13.2 Å². The highest BCUT2D eigenvalue weighted by Crippen LogP contribution is 2.29. The van der Waals surface area contributed by atoms with E-state index in [1.165, 1.54) is 11.1 Å². The van der Waals surface area contributed by atoms with Gasteiger partial charge in [-0.25, -0.2) is 0 Å². The molecule has 1 aliphatic rings. The molecule has 0 spiro atoms. The standard InChI is InChI=1S/C35H38N2O2/c1-27(2)31-18-19-32(35(38)33(24-31)39-26-28-12-6-3-7-13-28)25-36-20-22-37(23-21-36)34(29-14-8-4-9-15-29)30-16-10-5-11-17-30/h3-19,24,27,34H,20-23,25-26H2,1-2H3. The predicted molar refractivity (Wildman–Crippen MR) is 159 cm³/mol. The van der Waals surface area contributed by atoms with Crippen molar-refractivity contribution in [3.05, 3.63) is 147 Å². The van der Waals surface area contributed by atoms with Crippen LogP contribution in [0.3, 0.4) is 0 Å². The third-order valence-electron chi connectivity index (χ3n) is 7.59. The molecule has 4 nitrogen and oxygen atoms in total. The van der Waals surface area contributed by atoms with Crippen LogP contribution in [0.15, 0.2) is 114 Å². The Bertz CT molecular complexity index is 1340. The van der Waals surface area contributed by atoms with E-state index >= 15 is 0 Å². The van der Waals surface area contributed by atoms with E-state index in [1.807, 2.05) is 42.5 Å². The van der Waals surface area contributed by atoms with Crippen molar-refractivity contribution < 1.29 is 4.74 Å². The van der Waals surface area contributed by atoms with E-state index < -0.39 is 0 Å². The van der Waals surface area contributed by atoms with Gasteiger partial charge in [0.05, 0.1) is 6.04 Å². The average molecular weight is 519 g/mol. The molecule has 0 N–H and O–H groups in total. The molecule has 1 aliphatic heterocycles. The first-order valence-electron chi connectivity index (χ1n) is 14.0. The molecule has 1 fully saturated rings. The summed E-state index contributed by atoms with van der Waals surface area (Å²) in [6, 6.07) is 37.8. The molecule has 0 atom stereocenters. The molecular formula is C35H38N2O2. The van der Waals surface area contributed by atoms with Gasteiger partial charge >= 0.3 is 0 Å². The van der Waals surface area contributed by atoms with Crippen LogP contribution in [-0.4, -0.2) is 36.0 Å². The van der Waals surface area contributed by atoms with Crippen LogP contribution in [0.1, 0.15) is 53.6 Å². The molecule has 0 radical (unpaired) electrons. The number of piperazine rings is 1. The molecule has 4 aromatic rings. The van der Waals surface area contributed by atoms with Crippen molar-refractivity contribution in [1.29, 1.82) is 0 Å². The molecule has 0 aromatic heterocycles. The highest BCUT2D eigenvalue weighted by molar-refractivity contribution is 5.34. The third-order valence-corrected chi connectivity index (χ3v) is 7.59. The Labute approximate surface area is 232 Å². The van der Waals surface area contributed by atoms with Crippen LogP contribution in [0.2, 0.25) is 0 Å². The summed E-state index contributed by atoms with van der Waals surface area (Å²) in [6.07, 6.45) is 0. The molecule has 200 valence electrons. The van der Waals surface area contributed by atoms with Crippen LogP contribution < -0.4 is 10.2 Å². The Balaban J connectivity index is 1.32. The van der Waals surface area contributed by atoms with E-state index in [4.69, 9.17) is 4.74 Å². The van der Waals surface area contributed by atoms with Gasteiger partial charge in [0, 0.05) is 38.3 Å². The lowest BCUT2D eigenvalue weighted by Gasteiger charge is -2.39. The summed E-state index contributed by atoms with van der Waals surface area (Å²) in [5.41, 5.74) is 5.58. The summed E-state index contributed by atoms with van der Waals surface area (Å²) >= 11 is 0. The maximum atomic E-state index is 13.6. The van der Waals surface area contributed by atoms with Crippen molar-refractivity contribution in [2.24, 2.45) is 0 Å². The summed E-state index contributed by atoms with van der Waals surface area (Å²) in [6.45, 7) is 9.01. The van der Waals surface area contributed by atoms with Crippen molar-refractivity contribution >= 4 is 0 Å². The first-order chi connectivity index (χ1) is 19.1. The number of rotatable bonds is 9. The van der Waals surface area contributed by atoms with Crippen molar-refractivity contribution in [1.82, 2.24) is 9.80 Å². The fourth-order valence-electron chi connectivity index (χ4n) is 5.33. The van der Waals surface area contributed by atoms with E-state index in [0.717, 1.165) is 42.9 Å². The zero-order valence-corrected chi connectivity index (χ0v) is 23.0. The van der Waals surface area contributed by atoms with Crippen LogP contribution in [0.25, 0.3) is 0 Å². The topological polar surface area (TPSA) is 32.8 Å². The molecule has 0 saturated carbocycles. The lowest BCUT2D eigenvalue weighted by molar-refractivity contribution is 0.104. The second kappa shape index (κ2) is 12.9. The lowest BCUT2D eigenvalue weighted by Crippen LogP contribution is -2.47. The Morgan fingerprint density at radius 3 is 1.82 bits per heavy atom. The first kappa shape index (κ1) is 26.9. The zero-order chi connectivity index (χ0) is 27.0. The number of hydrogen-bond acceptors (Lipinski definition) is 4. The maximum absolute atomic E-state index is 13.6. The molecule has 4 heteroatoms. The van der Waals surface area contributed by atoms with Gasteiger partial charge in [-0.15, -0.1) is 0 Å². The first-order valence-corrected chi connectivity index (χ1v) is 14.0. The number of nitrogens with zero attached hydrogens (tertiary/aromatic N) is 2.